The minimum atomic E-state index is -4.06. The third-order valence-corrected chi connectivity index (χ3v) is 8.09. The van der Waals surface area contributed by atoms with Crippen molar-refractivity contribution in [1.82, 2.24) is 10.2 Å². The molecule has 0 saturated carbocycles. The van der Waals surface area contributed by atoms with Crippen LogP contribution in [0.5, 0.6) is 11.5 Å². The molecule has 4 rings (SSSR count). The zero-order chi connectivity index (χ0) is 27.1. The van der Waals surface area contributed by atoms with E-state index in [1.54, 1.807) is 30.3 Å². The molecule has 0 bridgehead atoms. The Morgan fingerprint density at radius 3 is 2.37 bits per heavy atom. The molecule has 0 spiro atoms. The highest BCUT2D eigenvalue weighted by atomic mass is 32.2. The first-order valence-electron chi connectivity index (χ1n) is 12.2. The third-order valence-electron chi connectivity index (χ3n) is 6.30. The number of anilines is 1. The molecule has 0 atom stereocenters. The molecule has 1 saturated heterocycles. The van der Waals surface area contributed by atoms with Gasteiger partial charge in [0.25, 0.3) is 10.0 Å². The van der Waals surface area contributed by atoms with E-state index in [4.69, 9.17) is 9.47 Å². The number of nitrogens with one attached hydrogen (secondary N) is 1. The molecule has 3 aromatic rings. The first-order chi connectivity index (χ1) is 18.3. The zero-order valence-electron chi connectivity index (χ0n) is 21.4. The van der Waals surface area contributed by atoms with Crippen molar-refractivity contribution in [3.8, 4) is 11.5 Å². The maximum atomic E-state index is 13.6. The van der Waals surface area contributed by atoms with Crippen LogP contribution in [-0.2, 0) is 32.7 Å². The summed E-state index contributed by atoms with van der Waals surface area (Å²) in [5.41, 5.74) is 2.09. The van der Waals surface area contributed by atoms with E-state index in [-0.39, 0.29) is 23.0 Å². The Morgan fingerprint density at radius 2 is 1.68 bits per heavy atom. The molecule has 0 unspecified atom stereocenters. The summed E-state index contributed by atoms with van der Waals surface area (Å²) in [7, 11) is -1.12. The lowest BCUT2D eigenvalue weighted by Gasteiger charge is -2.25. The first kappa shape index (κ1) is 27.0. The number of ether oxygens (including phenoxy) is 2. The number of likely N-dealkylation sites (tertiary alicyclic amines) is 1. The van der Waals surface area contributed by atoms with Crippen LogP contribution in [-0.4, -0.2) is 52.4 Å². The molecule has 1 fully saturated rings. The highest BCUT2D eigenvalue weighted by Crippen LogP contribution is 2.33. The van der Waals surface area contributed by atoms with Gasteiger partial charge < -0.3 is 19.7 Å². The molecule has 0 radical (unpaired) electrons. The van der Waals surface area contributed by atoms with Crippen LogP contribution in [0.2, 0.25) is 0 Å². The maximum Gasteiger partial charge on any atom is 0.264 e. The van der Waals surface area contributed by atoms with E-state index in [1.165, 1.54) is 32.4 Å². The molecule has 0 aromatic heterocycles. The van der Waals surface area contributed by atoms with E-state index >= 15 is 0 Å². The van der Waals surface area contributed by atoms with Crippen molar-refractivity contribution in [3.05, 3.63) is 83.9 Å². The summed E-state index contributed by atoms with van der Waals surface area (Å²) in [4.78, 5) is 26.9. The smallest absolute Gasteiger partial charge is 0.264 e. The first-order valence-corrected chi connectivity index (χ1v) is 13.7. The molecular formula is C28H31N3O6S. The second-order valence-electron chi connectivity index (χ2n) is 8.88. The van der Waals surface area contributed by atoms with E-state index in [1.807, 2.05) is 29.2 Å². The Hall–Kier alpha value is -4.05. The van der Waals surface area contributed by atoms with Gasteiger partial charge in [-0.15, -0.1) is 0 Å². The normalized spacial score (nSPS) is 13.3. The van der Waals surface area contributed by atoms with Crippen molar-refractivity contribution in [2.24, 2.45) is 0 Å². The third kappa shape index (κ3) is 6.25. The quantitative estimate of drug-likeness (QED) is 0.402. The van der Waals surface area contributed by atoms with Crippen LogP contribution < -0.4 is 19.1 Å². The molecule has 1 heterocycles. The van der Waals surface area contributed by atoms with E-state index in [2.05, 4.69) is 5.32 Å². The number of hydrogen-bond acceptors (Lipinski definition) is 6. The number of sulfonamides is 1. The standard InChI is InChI=1S/C28H31N3O6S/c1-36-25-14-13-23(17-26(25)37-2)31(38(34,35)24-10-4-3-5-11-24)20-27(32)29-18-21-8-6-9-22(16-21)19-30-15-7-12-28(30)33/h3-6,8-11,13-14,16-17H,7,12,15,18-20H2,1-2H3,(H,29,32). The van der Waals surface area contributed by atoms with Crippen molar-refractivity contribution >= 4 is 27.5 Å². The van der Waals surface area contributed by atoms with Gasteiger partial charge in [0, 0.05) is 32.1 Å². The summed E-state index contributed by atoms with van der Waals surface area (Å²) in [5.74, 6) is 0.457. The van der Waals surface area contributed by atoms with Gasteiger partial charge in [-0.2, -0.15) is 0 Å². The topological polar surface area (TPSA) is 105 Å². The largest absolute Gasteiger partial charge is 0.493 e. The average molecular weight is 538 g/mol. The SMILES string of the molecule is COc1ccc(N(CC(=O)NCc2cccc(CN3CCCC3=O)c2)S(=O)(=O)c2ccccc2)cc1OC. The van der Waals surface area contributed by atoms with Crippen LogP contribution >= 0.6 is 0 Å². The molecule has 0 aliphatic carbocycles. The molecular weight excluding hydrogens is 506 g/mol. The van der Waals surface area contributed by atoms with Gasteiger partial charge in [-0.3, -0.25) is 13.9 Å². The lowest BCUT2D eigenvalue weighted by atomic mass is 10.1. The van der Waals surface area contributed by atoms with Crippen molar-refractivity contribution < 1.29 is 27.5 Å². The molecule has 9 nitrogen and oxygen atoms in total. The fourth-order valence-corrected chi connectivity index (χ4v) is 5.77. The second kappa shape index (κ2) is 12.0. The lowest BCUT2D eigenvalue weighted by Crippen LogP contribution is -2.40. The zero-order valence-corrected chi connectivity index (χ0v) is 22.2. The predicted octanol–water partition coefficient (Wildman–Crippen LogP) is 3.34. The van der Waals surface area contributed by atoms with Gasteiger partial charge in [-0.25, -0.2) is 8.42 Å². The Kier molecular flexibility index (Phi) is 8.52. The Bertz CT molecular complexity index is 1390. The Balaban J connectivity index is 1.52. The summed E-state index contributed by atoms with van der Waals surface area (Å²) in [6, 6.07) is 20.3. The number of rotatable bonds is 11. The average Bonchev–Trinajstić information content (AvgIpc) is 3.34. The Morgan fingerprint density at radius 1 is 0.947 bits per heavy atom. The molecule has 1 aliphatic heterocycles. The van der Waals surface area contributed by atoms with Crippen molar-refractivity contribution in [2.75, 3.05) is 31.6 Å². The van der Waals surface area contributed by atoms with E-state index in [0.29, 0.717) is 24.5 Å². The number of nitrogens with zero attached hydrogens (tertiary/aromatic N) is 2. The minimum Gasteiger partial charge on any atom is -0.493 e. The van der Waals surface area contributed by atoms with Gasteiger partial charge in [0.05, 0.1) is 24.8 Å². The van der Waals surface area contributed by atoms with Gasteiger partial charge in [-0.1, -0.05) is 42.5 Å². The van der Waals surface area contributed by atoms with Crippen molar-refractivity contribution in [1.29, 1.82) is 0 Å². The van der Waals surface area contributed by atoms with Crippen LogP contribution in [0.3, 0.4) is 0 Å². The number of methoxy groups -OCH3 is 2. The second-order valence-corrected chi connectivity index (χ2v) is 10.7. The number of hydrogen-bond donors (Lipinski definition) is 1. The van der Waals surface area contributed by atoms with Crippen LogP contribution in [0, 0.1) is 0 Å². The molecule has 1 N–H and O–H groups in total. The van der Waals surface area contributed by atoms with Gasteiger partial charge in [0.1, 0.15) is 6.54 Å². The van der Waals surface area contributed by atoms with E-state index in [9.17, 15) is 18.0 Å². The summed E-state index contributed by atoms with van der Waals surface area (Å²) in [5, 5.41) is 2.82. The van der Waals surface area contributed by atoms with Crippen LogP contribution in [0.4, 0.5) is 5.69 Å². The van der Waals surface area contributed by atoms with Gasteiger partial charge in [-0.05, 0) is 41.8 Å². The molecule has 2 amide bonds. The number of amides is 2. The van der Waals surface area contributed by atoms with Crippen LogP contribution in [0.15, 0.2) is 77.7 Å². The molecule has 38 heavy (non-hydrogen) atoms. The molecule has 200 valence electrons. The summed E-state index contributed by atoms with van der Waals surface area (Å²) in [6.45, 7) is 1.06. The Labute approximate surface area is 223 Å². The molecule has 3 aromatic carbocycles. The van der Waals surface area contributed by atoms with Gasteiger partial charge >= 0.3 is 0 Å². The molecule has 10 heteroatoms. The monoisotopic (exact) mass is 537 g/mol. The fraction of sp³-hybridized carbons (Fsp3) is 0.286. The maximum absolute atomic E-state index is 13.6. The lowest BCUT2D eigenvalue weighted by molar-refractivity contribution is -0.128. The summed E-state index contributed by atoms with van der Waals surface area (Å²) >= 11 is 0. The number of benzene rings is 3. The van der Waals surface area contributed by atoms with Gasteiger partial charge in [0.15, 0.2) is 11.5 Å². The predicted molar refractivity (Wildman–Crippen MR) is 143 cm³/mol. The molecule has 1 aliphatic rings. The van der Waals surface area contributed by atoms with Crippen molar-refractivity contribution in [3.63, 3.8) is 0 Å². The number of carbonyl (C=O) groups is 2. The summed E-state index contributed by atoms with van der Waals surface area (Å²) < 4.78 is 38.8. The highest BCUT2D eigenvalue weighted by Gasteiger charge is 2.28. The van der Waals surface area contributed by atoms with E-state index in [0.717, 1.165) is 28.4 Å². The minimum absolute atomic E-state index is 0.0618. The van der Waals surface area contributed by atoms with Crippen LogP contribution in [0.25, 0.3) is 0 Å². The van der Waals surface area contributed by atoms with Crippen LogP contribution in [0.1, 0.15) is 24.0 Å². The highest BCUT2D eigenvalue weighted by molar-refractivity contribution is 7.92. The van der Waals surface area contributed by atoms with Crippen molar-refractivity contribution in [2.45, 2.75) is 30.8 Å². The summed E-state index contributed by atoms with van der Waals surface area (Å²) in [6.07, 6.45) is 1.45. The van der Waals surface area contributed by atoms with Gasteiger partial charge in [0.2, 0.25) is 11.8 Å². The number of carbonyl (C=O) groups excluding carboxylic acids is 2. The van der Waals surface area contributed by atoms with E-state index < -0.39 is 22.5 Å². The fourth-order valence-electron chi connectivity index (χ4n) is 4.33.